The Morgan fingerprint density at radius 1 is 1.60 bits per heavy atom. The van der Waals surface area contributed by atoms with Gasteiger partial charge in [-0.2, -0.15) is 0 Å². The molecule has 0 aromatic carbocycles. The number of nitrogens with zero attached hydrogens (tertiary/aromatic N) is 2. The van der Waals surface area contributed by atoms with Crippen molar-refractivity contribution in [2.45, 2.75) is 0 Å². The number of ether oxygens (including phenoxy) is 1. The van der Waals surface area contributed by atoms with Crippen molar-refractivity contribution in [3.63, 3.8) is 0 Å². The summed E-state index contributed by atoms with van der Waals surface area (Å²) in [7, 11) is 1.53. The van der Waals surface area contributed by atoms with Gasteiger partial charge in [-0.05, 0) is 22.6 Å². The molecule has 0 fully saturated rings. The molecule has 3 nitrogen and oxygen atoms in total. The molecule has 0 N–H and O–H groups in total. The van der Waals surface area contributed by atoms with Crippen molar-refractivity contribution in [1.82, 2.24) is 9.97 Å². The van der Waals surface area contributed by atoms with E-state index in [9.17, 15) is 0 Å². The topological polar surface area (TPSA) is 35.0 Å². The van der Waals surface area contributed by atoms with Gasteiger partial charge >= 0.3 is 0 Å². The lowest BCUT2D eigenvalue weighted by Crippen LogP contribution is -1.92. The van der Waals surface area contributed by atoms with Crippen molar-refractivity contribution in [3.05, 3.63) is 15.2 Å². The van der Waals surface area contributed by atoms with Crippen LogP contribution < -0.4 is 4.74 Å². The summed E-state index contributed by atoms with van der Waals surface area (Å²) >= 11 is 7.67. The van der Waals surface area contributed by atoms with Gasteiger partial charge in [-0.25, -0.2) is 9.97 Å². The summed E-state index contributed by atoms with van der Waals surface area (Å²) in [5, 5.41) is 0.349. The predicted molar refractivity (Wildman–Crippen MR) is 46.3 cm³/mol. The van der Waals surface area contributed by atoms with Crippen molar-refractivity contribution in [2.75, 3.05) is 7.11 Å². The highest BCUT2D eigenvalue weighted by Crippen LogP contribution is 2.24. The first-order valence-corrected chi connectivity index (χ1v) is 3.91. The van der Waals surface area contributed by atoms with E-state index in [4.69, 9.17) is 16.3 Å². The van der Waals surface area contributed by atoms with Gasteiger partial charge in [-0.1, -0.05) is 11.6 Å². The molecule has 0 saturated carbocycles. The van der Waals surface area contributed by atoms with Crippen LogP contribution in [0.5, 0.6) is 5.75 Å². The second kappa shape index (κ2) is 3.34. The lowest BCUT2D eigenvalue weighted by atomic mass is 10.6. The Kier molecular flexibility index (Phi) is 2.67. The normalized spacial score (nSPS) is 9.50. The standard InChI is InChI=1S/C5H4ClIN2O/c1-10-3-4(6)8-2-9-5(3)7/h2H,1H3. The maximum atomic E-state index is 5.65. The van der Waals surface area contributed by atoms with E-state index in [1.54, 1.807) is 0 Å². The SMILES string of the molecule is COc1c(Cl)ncnc1I. The summed E-state index contributed by atoms with van der Waals surface area (Å²) in [6.07, 6.45) is 1.40. The molecule has 0 radical (unpaired) electrons. The average Bonchev–Trinajstić information content (AvgIpc) is 1.88. The molecule has 1 rings (SSSR count). The van der Waals surface area contributed by atoms with Gasteiger partial charge in [0.05, 0.1) is 7.11 Å². The highest BCUT2D eigenvalue weighted by atomic mass is 127. The summed E-state index contributed by atoms with van der Waals surface area (Å²) in [5.74, 6) is 0.532. The molecule has 0 aliphatic heterocycles. The van der Waals surface area contributed by atoms with E-state index in [0.29, 0.717) is 10.9 Å². The van der Waals surface area contributed by atoms with Crippen molar-refractivity contribution >= 4 is 34.2 Å². The number of hydrogen-bond donors (Lipinski definition) is 0. The fourth-order valence-electron chi connectivity index (χ4n) is 0.501. The minimum absolute atomic E-state index is 0.349. The van der Waals surface area contributed by atoms with Crippen molar-refractivity contribution < 1.29 is 4.74 Å². The number of halogens is 2. The van der Waals surface area contributed by atoms with E-state index < -0.39 is 0 Å². The molecule has 1 heterocycles. The molecule has 5 heteroatoms. The molecular formula is C5H4ClIN2O. The van der Waals surface area contributed by atoms with Gasteiger partial charge in [0.25, 0.3) is 0 Å². The minimum atomic E-state index is 0.349. The fraction of sp³-hybridized carbons (Fsp3) is 0.200. The van der Waals surface area contributed by atoms with E-state index in [1.165, 1.54) is 13.4 Å². The van der Waals surface area contributed by atoms with E-state index in [0.717, 1.165) is 3.70 Å². The largest absolute Gasteiger partial charge is 0.491 e. The van der Waals surface area contributed by atoms with E-state index in [1.807, 2.05) is 22.6 Å². The first-order valence-electron chi connectivity index (χ1n) is 2.45. The molecule has 54 valence electrons. The van der Waals surface area contributed by atoms with Crippen LogP contribution in [0, 0.1) is 3.70 Å². The van der Waals surface area contributed by atoms with Gasteiger partial charge < -0.3 is 4.74 Å². The Hall–Kier alpha value is -0.100. The number of methoxy groups -OCH3 is 1. The third kappa shape index (κ3) is 1.49. The Morgan fingerprint density at radius 2 is 2.30 bits per heavy atom. The molecule has 0 amide bonds. The zero-order chi connectivity index (χ0) is 7.56. The van der Waals surface area contributed by atoms with Crippen LogP contribution in [0.15, 0.2) is 6.33 Å². The fourth-order valence-corrected chi connectivity index (χ4v) is 1.47. The molecule has 0 saturated heterocycles. The molecule has 0 aliphatic carbocycles. The summed E-state index contributed by atoms with van der Waals surface area (Å²) in [6, 6.07) is 0. The molecule has 1 aromatic heterocycles. The summed E-state index contributed by atoms with van der Waals surface area (Å²) in [4.78, 5) is 7.61. The molecule has 0 spiro atoms. The second-order valence-electron chi connectivity index (χ2n) is 1.49. The first-order chi connectivity index (χ1) is 4.75. The van der Waals surface area contributed by atoms with Gasteiger partial charge in [0.15, 0.2) is 10.9 Å². The van der Waals surface area contributed by atoms with Crippen molar-refractivity contribution in [3.8, 4) is 5.75 Å². The molecule has 10 heavy (non-hydrogen) atoms. The second-order valence-corrected chi connectivity index (χ2v) is 2.87. The molecule has 0 atom stereocenters. The van der Waals surface area contributed by atoms with E-state index in [-0.39, 0.29) is 0 Å². The highest BCUT2D eigenvalue weighted by molar-refractivity contribution is 14.1. The molecular weight excluding hydrogens is 266 g/mol. The lowest BCUT2D eigenvalue weighted by Gasteiger charge is -2.01. The maximum absolute atomic E-state index is 5.65. The maximum Gasteiger partial charge on any atom is 0.188 e. The molecule has 0 unspecified atom stereocenters. The summed E-state index contributed by atoms with van der Waals surface area (Å²) in [5.41, 5.74) is 0. The summed E-state index contributed by atoms with van der Waals surface area (Å²) < 4.78 is 5.63. The monoisotopic (exact) mass is 270 g/mol. The zero-order valence-corrected chi connectivity index (χ0v) is 8.05. The lowest BCUT2D eigenvalue weighted by molar-refractivity contribution is 0.407. The van der Waals surface area contributed by atoms with Crippen LogP contribution in [0.25, 0.3) is 0 Å². The zero-order valence-electron chi connectivity index (χ0n) is 5.14. The average molecular weight is 270 g/mol. The Balaban J connectivity index is 3.17. The Morgan fingerprint density at radius 3 is 2.70 bits per heavy atom. The highest BCUT2D eigenvalue weighted by Gasteiger charge is 2.05. The van der Waals surface area contributed by atoms with Crippen LogP contribution in [-0.4, -0.2) is 17.1 Å². The van der Waals surface area contributed by atoms with Gasteiger partial charge in [-0.3, -0.25) is 0 Å². The molecule has 0 bridgehead atoms. The first kappa shape index (κ1) is 8.00. The van der Waals surface area contributed by atoms with Gasteiger partial charge in [0.1, 0.15) is 10.0 Å². The van der Waals surface area contributed by atoms with Crippen LogP contribution in [0.2, 0.25) is 5.15 Å². The molecule has 1 aromatic rings. The minimum Gasteiger partial charge on any atom is -0.491 e. The Bertz CT molecular complexity index is 223. The van der Waals surface area contributed by atoms with Crippen LogP contribution in [0.4, 0.5) is 0 Å². The van der Waals surface area contributed by atoms with Gasteiger partial charge in [-0.15, -0.1) is 0 Å². The van der Waals surface area contributed by atoms with Gasteiger partial charge in [0, 0.05) is 0 Å². The smallest absolute Gasteiger partial charge is 0.188 e. The van der Waals surface area contributed by atoms with E-state index >= 15 is 0 Å². The van der Waals surface area contributed by atoms with Crippen LogP contribution in [-0.2, 0) is 0 Å². The number of rotatable bonds is 1. The van der Waals surface area contributed by atoms with Crippen LogP contribution in [0.3, 0.4) is 0 Å². The van der Waals surface area contributed by atoms with Crippen LogP contribution >= 0.6 is 34.2 Å². The quantitative estimate of drug-likeness (QED) is 0.576. The van der Waals surface area contributed by atoms with Gasteiger partial charge in [0.2, 0.25) is 0 Å². The molecule has 0 aliphatic rings. The third-order valence-electron chi connectivity index (χ3n) is 0.921. The Labute approximate surface area is 76.9 Å². The third-order valence-corrected chi connectivity index (χ3v) is 1.96. The van der Waals surface area contributed by atoms with Crippen molar-refractivity contribution in [2.24, 2.45) is 0 Å². The number of hydrogen-bond acceptors (Lipinski definition) is 3. The predicted octanol–water partition coefficient (Wildman–Crippen LogP) is 1.74. The number of aromatic nitrogens is 2. The van der Waals surface area contributed by atoms with Crippen LogP contribution in [0.1, 0.15) is 0 Å². The van der Waals surface area contributed by atoms with Crippen molar-refractivity contribution in [1.29, 1.82) is 0 Å². The van der Waals surface area contributed by atoms with E-state index in [2.05, 4.69) is 9.97 Å². The summed E-state index contributed by atoms with van der Waals surface area (Å²) in [6.45, 7) is 0.